The minimum absolute atomic E-state index is 0.143. The highest BCUT2D eigenvalue weighted by Gasteiger charge is 2.28. The SMILES string of the molecule is COc1ccc([C@@H]2Cn3nnc(C(=O)Nc4cccc(C)c4C)c3CO2)cc1. The maximum absolute atomic E-state index is 12.7. The maximum Gasteiger partial charge on any atom is 0.278 e. The first-order chi connectivity index (χ1) is 13.6. The van der Waals surface area contributed by atoms with Crippen molar-refractivity contribution in [3.05, 3.63) is 70.5 Å². The third kappa shape index (κ3) is 3.36. The fourth-order valence-corrected chi connectivity index (χ4v) is 3.28. The summed E-state index contributed by atoms with van der Waals surface area (Å²) in [5.74, 6) is 0.521. The molecule has 7 nitrogen and oxygen atoms in total. The highest BCUT2D eigenvalue weighted by atomic mass is 16.5. The van der Waals surface area contributed by atoms with Crippen LogP contribution in [0.5, 0.6) is 5.75 Å². The number of anilines is 1. The molecule has 0 radical (unpaired) electrons. The molecule has 1 amide bonds. The van der Waals surface area contributed by atoms with E-state index in [1.807, 2.05) is 56.3 Å². The first-order valence-corrected chi connectivity index (χ1v) is 9.12. The van der Waals surface area contributed by atoms with E-state index >= 15 is 0 Å². The second kappa shape index (κ2) is 7.44. The van der Waals surface area contributed by atoms with Crippen LogP contribution in [0.4, 0.5) is 5.69 Å². The number of carbonyl (C=O) groups is 1. The lowest BCUT2D eigenvalue weighted by atomic mass is 10.1. The second-order valence-electron chi connectivity index (χ2n) is 6.84. The van der Waals surface area contributed by atoms with Crippen molar-refractivity contribution in [1.29, 1.82) is 0 Å². The van der Waals surface area contributed by atoms with E-state index < -0.39 is 0 Å². The molecule has 0 saturated carbocycles. The van der Waals surface area contributed by atoms with Gasteiger partial charge in [-0.05, 0) is 48.7 Å². The molecule has 1 aliphatic rings. The highest BCUT2D eigenvalue weighted by molar-refractivity contribution is 6.04. The Kier molecular flexibility index (Phi) is 4.83. The average molecular weight is 378 g/mol. The summed E-state index contributed by atoms with van der Waals surface area (Å²) in [6, 6.07) is 13.6. The standard InChI is InChI=1S/C21H22N4O3/c1-13-5-4-6-17(14(13)2)22-21(26)20-18-12-28-19(11-25(18)24-23-20)15-7-9-16(27-3)10-8-15/h4-10,19H,11-12H2,1-3H3,(H,22,26)/t19-/m0/s1. The van der Waals surface area contributed by atoms with E-state index in [2.05, 4.69) is 15.6 Å². The predicted molar refractivity (Wildman–Crippen MR) is 104 cm³/mol. The Morgan fingerprint density at radius 2 is 2.00 bits per heavy atom. The van der Waals surface area contributed by atoms with Crippen molar-refractivity contribution in [3.63, 3.8) is 0 Å². The van der Waals surface area contributed by atoms with Gasteiger partial charge in [-0.2, -0.15) is 0 Å². The van der Waals surface area contributed by atoms with E-state index in [0.717, 1.165) is 28.1 Å². The van der Waals surface area contributed by atoms with Crippen LogP contribution in [-0.4, -0.2) is 28.0 Å². The maximum atomic E-state index is 12.7. The zero-order chi connectivity index (χ0) is 19.7. The van der Waals surface area contributed by atoms with Crippen molar-refractivity contribution in [2.24, 2.45) is 0 Å². The molecular weight excluding hydrogens is 356 g/mol. The number of nitrogens with zero attached hydrogens (tertiary/aromatic N) is 3. The summed E-state index contributed by atoms with van der Waals surface area (Å²) >= 11 is 0. The van der Waals surface area contributed by atoms with Gasteiger partial charge in [0, 0.05) is 5.69 Å². The fraction of sp³-hybridized carbons (Fsp3) is 0.286. The van der Waals surface area contributed by atoms with Crippen LogP contribution in [0.1, 0.15) is 39.0 Å². The van der Waals surface area contributed by atoms with Crippen molar-refractivity contribution >= 4 is 11.6 Å². The van der Waals surface area contributed by atoms with Gasteiger partial charge in [-0.1, -0.05) is 29.5 Å². The summed E-state index contributed by atoms with van der Waals surface area (Å²) in [6.45, 7) is 4.78. The van der Waals surface area contributed by atoms with Crippen LogP contribution in [0.2, 0.25) is 0 Å². The normalized spacial score (nSPS) is 15.8. The first-order valence-electron chi connectivity index (χ1n) is 9.12. The van der Waals surface area contributed by atoms with Crippen LogP contribution in [0, 0.1) is 13.8 Å². The summed E-state index contributed by atoms with van der Waals surface area (Å²) in [5, 5.41) is 11.2. The van der Waals surface area contributed by atoms with Gasteiger partial charge in [-0.15, -0.1) is 5.10 Å². The molecule has 0 spiro atoms. The molecule has 1 aromatic heterocycles. The van der Waals surface area contributed by atoms with E-state index in [-0.39, 0.29) is 18.6 Å². The molecule has 7 heteroatoms. The van der Waals surface area contributed by atoms with Crippen LogP contribution >= 0.6 is 0 Å². The highest BCUT2D eigenvalue weighted by Crippen LogP contribution is 2.28. The van der Waals surface area contributed by atoms with Crippen LogP contribution < -0.4 is 10.1 Å². The average Bonchev–Trinajstić information content (AvgIpc) is 3.15. The third-order valence-electron chi connectivity index (χ3n) is 5.15. The van der Waals surface area contributed by atoms with Crippen LogP contribution in [0.3, 0.4) is 0 Å². The van der Waals surface area contributed by atoms with Gasteiger partial charge in [0.25, 0.3) is 5.91 Å². The molecule has 144 valence electrons. The van der Waals surface area contributed by atoms with Crippen molar-refractivity contribution in [2.75, 3.05) is 12.4 Å². The molecule has 4 rings (SSSR count). The van der Waals surface area contributed by atoms with E-state index in [9.17, 15) is 4.79 Å². The Morgan fingerprint density at radius 1 is 1.21 bits per heavy atom. The summed E-state index contributed by atoms with van der Waals surface area (Å²) in [5.41, 5.74) is 4.95. The largest absolute Gasteiger partial charge is 0.497 e. The Hall–Kier alpha value is -3.19. The molecule has 28 heavy (non-hydrogen) atoms. The van der Waals surface area contributed by atoms with Crippen molar-refractivity contribution in [2.45, 2.75) is 33.1 Å². The number of hydrogen-bond donors (Lipinski definition) is 1. The number of aromatic nitrogens is 3. The lowest BCUT2D eigenvalue weighted by Gasteiger charge is -2.24. The van der Waals surface area contributed by atoms with Crippen molar-refractivity contribution in [3.8, 4) is 5.75 Å². The molecule has 0 saturated heterocycles. The Balaban J connectivity index is 1.51. The van der Waals surface area contributed by atoms with E-state index in [4.69, 9.17) is 9.47 Å². The Morgan fingerprint density at radius 3 is 2.75 bits per heavy atom. The molecule has 2 aromatic carbocycles. The summed E-state index contributed by atoms with van der Waals surface area (Å²) in [6.07, 6.45) is -0.143. The van der Waals surface area contributed by atoms with Crippen molar-refractivity contribution < 1.29 is 14.3 Å². The van der Waals surface area contributed by atoms with Crippen LogP contribution in [0.25, 0.3) is 0 Å². The van der Waals surface area contributed by atoms with E-state index in [1.54, 1.807) is 11.8 Å². The smallest absolute Gasteiger partial charge is 0.278 e. The van der Waals surface area contributed by atoms with Gasteiger partial charge in [-0.3, -0.25) is 4.79 Å². The Bertz CT molecular complexity index is 1010. The zero-order valence-electron chi connectivity index (χ0n) is 16.1. The molecule has 0 bridgehead atoms. The number of ether oxygens (including phenoxy) is 2. The van der Waals surface area contributed by atoms with E-state index in [1.165, 1.54) is 0 Å². The van der Waals surface area contributed by atoms with Gasteiger partial charge < -0.3 is 14.8 Å². The molecule has 0 fully saturated rings. The lowest BCUT2D eigenvalue weighted by Crippen LogP contribution is -2.24. The quantitative estimate of drug-likeness (QED) is 0.753. The summed E-state index contributed by atoms with van der Waals surface area (Å²) in [4.78, 5) is 12.7. The Labute approximate surface area is 163 Å². The number of aryl methyl sites for hydroxylation is 1. The zero-order valence-corrected chi connectivity index (χ0v) is 16.1. The molecule has 2 heterocycles. The van der Waals surface area contributed by atoms with Gasteiger partial charge >= 0.3 is 0 Å². The number of benzene rings is 2. The fourth-order valence-electron chi connectivity index (χ4n) is 3.28. The summed E-state index contributed by atoms with van der Waals surface area (Å²) < 4.78 is 12.9. The van der Waals surface area contributed by atoms with Gasteiger partial charge in [-0.25, -0.2) is 4.68 Å². The molecular formula is C21H22N4O3. The molecule has 1 N–H and O–H groups in total. The van der Waals surface area contributed by atoms with Gasteiger partial charge in [0.2, 0.25) is 0 Å². The number of methoxy groups -OCH3 is 1. The van der Waals surface area contributed by atoms with Gasteiger partial charge in [0.15, 0.2) is 5.69 Å². The second-order valence-corrected chi connectivity index (χ2v) is 6.84. The number of hydrogen-bond acceptors (Lipinski definition) is 5. The van der Waals surface area contributed by atoms with Crippen LogP contribution in [-0.2, 0) is 17.9 Å². The number of carbonyl (C=O) groups excluding carboxylic acids is 1. The lowest BCUT2D eigenvalue weighted by molar-refractivity contribution is -0.00173. The van der Waals surface area contributed by atoms with Gasteiger partial charge in [0.05, 0.1) is 26.0 Å². The minimum atomic E-state index is -0.276. The van der Waals surface area contributed by atoms with Gasteiger partial charge in [0.1, 0.15) is 11.9 Å². The molecule has 0 aliphatic carbocycles. The summed E-state index contributed by atoms with van der Waals surface area (Å²) in [7, 11) is 1.64. The third-order valence-corrected chi connectivity index (χ3v) is 5.15. The van der Waals surface area contributed by atoms with Crippen molar-refractivity contribution in [1.82, 2.24) is 15.0 Å². The molecule has 1 atom stereocenters. The minimum Gasteiger partial charge on any atom is -0.497 e. The first kappa shape index (κ1) is 18.2. The number of nitrogens with one attached hydrogen (secondary N) is 1. The monoisotopic (exact) mass is 378 g/mol. The predicted octanol–water partition coefficient (Wildman–Crippen LogP) is 3.43. The molecule has 1 aliphatic heterocycles. The molecule has 3 aromatic rings. The van der Waals surface area contributed by atoms with Crippen LogP contribution in [0.15, 0.2) is 42.5 Å². The van der Waals surface area contributed by atoms with E-state index in [0.29, 0.717) is 17.9 Å². The number of rotatable bonds is 4. The number of fused-ring (bicyclic) bond motifs is 1. The molecule has 0 unspecified atom stereocenters. The topological polar surface area (TPSA) is 78.3 Å². The number of amides is 1.